The molecule has 30 heavy (non-hydrogen) atoms. The van der Waals surface area contributed by atoms with Gasteiger partial charge in [0.05, 0.1) is 0 Å². The molecular formula is C20H23ClF3N3O3. The fourth-order valence-electron chi connectivity index (χ4n) is 3.27. The van der Waals surface area contributed by atoms with Crippen LogP contribution in [0.5, 0.6) is 11.6 Å². The van der Waals surface area contributed by atoms with Crippen molar-refractivity contribution in [1.29, 1.82) is 0 Å². The molecule has 0 radical (unpaired) electrons. The third-order valence-corrected chi connectivity index (χ3v) is 4.76. The van der Waals surface area contributed by atoms with Crippen molar-refractivity contribution in [3.63, 3.8) is 0 Å². The lowest BCUT2D eigenvalue weighted by atomic mass is 9.98. The molecule has 1 fully saturated rings. The van der Waals surface area contributed by atoms with Crippen LogP contribution >= 0.6 is 12.4 Å². The summed E-state index contributed by atoms with van der Waals surface area (Å²) in [6.45, 7) is 0.990. The standard InChI is InChI=1S/C20H22F3N3O3.ClH/c21-20(22,23)17-7-14(10-24)8-18(25-17)29-16-5-1-4-15(9-16)19(28)26-6-2-3-13(11-26)12-27;/h1,4-5,7-9,13,27H,2-3,6,10-12,24H2;1H. The Balaban J connectivity index is 0.00000320. The zero-order chi connectivity index (χ0) is 21.0. The van der Waals surface area contributed by atoms with Gasteiger partial charge in [0.1, 0.15) is 11.4 Å². The quantitative estimate of drug-likeness (QED) is 0.733. The predicted octanol–water partition coefficient (Wildman–Crippen LogP) is 3.62. The van der Waals surface area contributed by atoms with Crippen molar-refractivity contribution in [3.8, 4) is 11.6 Å². The molecule has 1 aliphatic rings. The zero-order valence-electron chi connectivity index (χ0n) is 16.1. The first kappa shape index (κ1) is 23.9. The number of pyridine rings is 1. The summed E-state index contributed by atoms with van der Waals surface area (Å²) in [6.07, 6.45) is -2.95. The monoisotopic (exact) mass is 445 g/mol. The number of carbonyl (C=O) groups excluding carboxylic acids is 1. The van der Waals surface area contributed by atoms with E-state index in [1.54, 1.807) is 17.0 Å². The number of ether oxygens (including phenoxy) is 1. The van der Waals surface area contributed by atoms with E-state index in [-0.39, 0.29) is 54.6 Å². The molecule has 1 unspecified atom stereocenters. The molecule has 0 spiro atoms. The van der Waals surface area contributed by atoms with Crippen molar-refractivity contribution in [2.75, 3.05) is 19.7 Å². The Kier molecular flexibility index (Phi) is 8.05. The Bertz CT molecular complexity index is 880. The van der Waals surface area contributed by atoms with Gasteiger partial charge in [-0.1, -0.05) is 6.07 Å². The summed E-state index contributed by atoms with van der Waals surface area (Å²) in [4.78, 5) is 17.9. The molecule has 3 rings (SSSR count). The molecule has 2 heterocycles. The Morgan fingerprint density at radius 1 is 1.30 bits per heavy atom. The zero-order valence-corrected chi connectivity index (χ0v) is 16.9. The number of hydrogen-bond donors (Lipinski definition) is 2. The fraction of sp³-hybridized carbons (Fsp3) is 0.400. The van der Waals surface area contributed by atoms with Gasteiger partial charge in [-0.05, 0) is 48.6 Å². The van der Waals surface area contributed by atoms with E-state index < -0.39 is 11.9 Å². The summed E-state index contributed by atoms with van der Waals surface area (Å²) in [7, 11) is 0. The molecule has 1 atom stereocenters. The average Bonchev–Trinajstić information content (AvgIpc) is 2.72. The SMILES string of the molecule is Cl.NCc1cc(Oc2cccc(C(=O)N3CCCC(CO)C3)c2)nc(C(F)(F)F)c1. The van der Waals surface area contributed by atoms with E-state index in [1.165, 1.54) is 18.2 Å². The number of aliphatic hydroxyl groups is 1. The molecule has 10 heteroatoms. The van der Waals surface area contributed by atoms with Crippen molar-refractivity contribution >= 4 is 18.3 Å². The van der Waals surface area contributed by atoms with Crippen LogP contribution in [-0.2, 0) is 12.7 Å². The topological polar surface area (TPSA) is 88.7 Å². The van der Waals surface area contributed by atoms with Crippen molar-refractivity contribution in [1.82, 2.24) is 9.88 Å². The van der Waals surface area contributed by atoms with Crippen LogP contribution in [0.4, 0.5) is 13.2 Å². The van der Waals surface area contributed by atoms with Crippen LogP contribution in [0.2, 0.25) is 0 Å². The minimum atomic E-state index is -4.63. The average molecular weight is 446 g/mol. The van der Waals surface area contributed by atoms with Gasteiger partial charge in [0.15, 0.2) is 0 Å². The van der Waals surface area contributed by atoms with Gasteiger partial charge in [0, 0.05) is 37.9 Å². The lowest BCUT2D eigenvalue weighted by Crippen LogP contribution is -2.40. The number of aromatic nitrogens is 1. The molecule has 0 bridgehead atoms. The van der Waals surface area contributed by atoms with Gasteiger partial charge in [-0.25, -0.2) is 4.98 Å². The normalized spacial score (nSPS) is 16.7. The van der Waals surface area contributed by atoms with Gasteiger partial charge in [-0.3, -0.25) is 4.79 Å². The second kappa shape index (κ2) is 10.1. The number of hydrogen-bond acceptors (Lipinski definition) is 5. The van der Waals surface area contributed by atoms with Crippen LogP contribution in [0.15, 0.2) is 36.4 Å². The summed E-state index contributed by atoms with van der Waals surface area (Å²) in [5, 5.41) is 9.34. The van der Waals surface area contributed by atoms with Crippen LogP contribution < -0.4 is 10.5 Å². The lowest BCUT2D eigenvalue weighted by molar-refractivity contribution is -0.141. The first-order valence-corrected chi connectivity index (χ1v) is 9.26. The van der Waals surface area contributed by atoms with E-state index in [4.69, 9.17) is 10.5 Å². The maximum atomic E-state index is 13.0. The summed E-state index contributed by atoms with van der Waals surface area (Å²) < 4.78 is 44.6. The molecule has 1 amide bonds. The number of piperidine rings is 1. The number of amides is 1. The molecule has 1 aromatic heterocycles. The van der Waals surface area contributed by atoms with E-state index in [0.717, 1.165) is 18.9 Å². The molecule has 1 aromatic carbocycles. The number of benzene rings is 1. The molecule has 6 nitrogen and oxygen atoms in total. The number of alkyl halides is 3. The predicted molar refractivity (Wildman–Crippen MR) is 107 cm³/mol. The Morgan fingerprint density at radius 2 is 2.07 bits per heavy atom. The third kappa shape index (κ3) is 5.84. The first-order valence-electron chi connectivity index (χ1n) is 9.26. The van der Waals surface area contributed by atoms with Crippen LogP contribution in [0.25, 0.3) is 0 Å². The van der Waals surface area contributed by atoms with Gasteiger partial charge in [-0.2, -0.15) is 13.2 Å². The minimum Gasteiger partial charge on any atom is -0.439 e. The highest BCUT2D eigenvalue weighted by Gasteiger charge is 2.33. The van der Waals surface area contributed by atoms with Crippen LogP contribution in [0, 0.1) is 5.92 Å². The maximum absolute atomic E-state index is 13.0. The first-order chi connectivity index (χ1) is 13.8. The van der Waals surface area contributed by atoms with Crippen molar-refractivity contribution < 1.29 is 27.8 Å². The van der Waals surface area contributed by atoms with E-state index in [1.807, 2.05) is 0 Å². The molecule has 3 N–H and O–H groups in total. The maximum Gasteiger partial charge on any atom is 0.433 e. The van der Waals surface area contributed by atoms with Crippen LogP contribution in [-0.4, -0.2) is 40.6 Å². The number of likely N-dealkylation sites (tertiary alicyclic amines) is 1. The Morgan fingerprint density at radius 3 is 2.73 bits per heavy atom. The number of nitrogens with two attached hydrogens (primary N) is 1. The Hall–Kier alpha value is -2.36. The number of aliphatic hydroxyl groups excluding tert-OH is 1. The summed E-state index contributed by atoms with van der Waals surface area (Å²) in [5.41, 5.74) is 4.97. The molecule has 1 saturated heterocycles. The largest absolute Gasteiger partial charge is 0.439 e. The third-order valence-electron chi connectivity index (χ3n) is 4.76. The van der Waals surface area contributed by atoms with E-state index >= 15 is 0 Å². The van der Waals surface area contributed by atoms with Gasteiger partial charge in [-0.15, -0.1) is 12.4 Å². The molecule has 0 saturated carbocycles. The number of halogens is 4. The number of nitrogens with zero attached hydrogens (tertiary/aromatic N) is 2. The van der Waals surface area contributed by atoms with Crippen molar-refractivity contribution in [3.05, 3.63) is 53.2 Å². The molecule has 0 aliphatic carbocycles. The molecule has 164 valence electrons. The second-order valence-electron chi connectivity index (χ2n) is 6.97. The highest BCUT2D eigenvalue weighted by atomic mass is 35.5. The second-order valence-corrected chi connectivity index (χ2v) is 6.97. The van der Waals surface area contributed by atoms with Crippen molar-refractivity contribution in [2.45, 2.75) is 25.6 Å². The minimum absolute atomic E-state index is 0. The van der Waals surface area contributed by atoms with Gasteiger partial charge in [0.2, 0.25) is 5.88 Å². The van der Waals surface area contributed by atoms with Crippen LogP contribution in [0.3, 0.4) is 0 Å². The fourth-order valence-corrected chi connectivity index (χ4v) is 3.27. The molecule has 1 aliphatic heterocycles. The highest BCUT2D eigenvalue weighted by Crippen LogP contribution is 2.31. The summed E-state index contributed by atoms with van der Waals surface area (Å²) >= 11 is 0. The van der Waals surface area contributed by atoms with Gasteiger partial charge < -0.3 is 20.5 Å². The molecule has 2 aromatic rings. The van der Waals surface area contributed by atoms with E-state index in [9.17, 15) is 23.1 Å². The highest BCUT2D eigenvalue weighted by molar-refractivity contribution is 5.94. The molecular weight excluding hydrogens is 423 g/mol. The van der Waals surface area contributed by atoms with E-state index in [0.29, 0.717) is 18.7 Å². The van der Waals surface area contributed by atoms with Gasteiger partial charge >= 0.3 is 6.18 Å². The summed E-state index contributed by atoms with van der Waals surface area (Å²) in [5.74, 6) is -0.214. The lowest BCUT2D eigenvalue weighted by Gasteiger charge is -2.32. The van der Waals surface area contributed by atoms with Crippen molar-refractivity contribution in [2.24, 2.45) is 11.7 Å². The van der Waals surface area contributed by atoms with E-state index in [2.05, 4.69) is 4.98 Å². The van der Waals surface area contributed by atoms with Crippen LogP contribution in [0.1, 0.15) is 34.5 Å². The Labute approximate surface area is 178 Å². The number of carbonyl (C=O) groups is 1. The summed E-state index contributed by atoms with van der Waals surface area (Å²) in [6, 6.07) is 8.42. The van der Waals surface area contributed by atoms with Gasteiger partial charge in [0.25, 0.3) is 5.91 Å². The number of rotatable bonds is 5. The smallest absolute Gasteiger partial charge is 0.433 e.